The third-order valence-electron chi connectivity index (χ3n) is 3.87. The molecule has 0 radical (unpaired) electrons. The highest BCUT2D eigenvalue weighted by Crippen LogP contribution is 2.19. The van der Waals surface area contributed by atoms with E-state index < -0.39 is 27.8 Å². The molecule has 1 N–H and O–H groups in total. The van der Waals surface area contributed by atoms with Crippen LogP contribution in [0, 0.1) is 11.6 Å². The summed E-state index contributed by atoms with van der Waals surface area (Å²) in [7, 11) is -2.21. The van der Waals surface area contributed by atoms with Gasteiger partial charge >= 0.3 is 16.1 Å². The van der Waals surface area contributed by atoms with Gasteiger partial charge in [0.05, 0.1) is 18.0 Å². The van der Waals surface area contributed by atoms with Crippen LogP contribution in [0.3, 0.4) is 0 Å². The molecule has 0 heterocycles. The molecule has 10 heteroatoms. The highest BCUT2D eigenvalue weighted by Gasteiger charge is 2.17. The normalized spacial score (nSPS) is 11.2. The number of carbonyl (C=O) groups is 1. The zero-order chi connectivity index (χ0) is 21.4. The Morgan fingerprint density at radius 3 is 2.59 bits per heavy atom. The van der Waals surface area contributed by atoms with Gasteiger partial charge in [-0.1, -0.05) is 12.1 Å². The van der Waals surface area contributed by atoms with Crippen LogP contribution in [-0.4, -0.2) is 45.4 Å². The molecule has 0 aliphatic heterocycles. The van der Waals surface area contributed by atoms with E-state index >= 15 is 0 Å². The van der Waals surface area contributed by atoms with E-state index in [-0.39, 0.29) is 36.9 Å². The number of nitrogens with zero attached hydrogens (tertiary/aromatic N) is 1. The average Bonchev–Trinajstić information content (AvgIpc) is 2.67. The first-order chi connectivity index (χ1) is 13.7. The van der Waals surface area contributed by atoms with Crippen molar-refractivity contribution in [3.63, 3.8) is 0 Å². The van der Waals surface area contributed by atoms with Crippen LogP contribution in [0.5, 0.6) is 5.75 Å². The Balaban J connectivity index is 2.16. The van der Waals surface area contributed by atoms with E-state index in [9.17, 15) is 22.0 Å². The van der Waals surface area contributed by atoms with Crippen molar-refractivity contribution in [3.8, 4) is 5.75 Å². The van der Waals surface area contributed by atoms with E-state index in [1.807, 2.05) is 0 Å². The standard InChI is InChI=1S/C19H22F2N2O5S/c1-3-29(25,26)28-16-6-4-5-14(11-16)13-23(9-10-27-2)19(24)22-18-8-7-15(20)12-17(18)21/h4-8,11-12H,3,9-10,13H2,1-2H3,(H,22,24). The second-order valence-electron chi connectivity index (χ2n) is 6.05. The number of hydrogen-bond donors (Lipinski definition) is 1. The summed E-state index contributed by atoms with van der Waals surface area (Å²) < 4.78 is 60.1. The average molecular weight is 428 g/mol. The smallest absolute Gasteiger partial charge is 0.322 e. The number of ether oxygens (including phenoxy) is 1. The molecule has 2 rings (SSSR count). The second kappa shape index (κ2) is 10.2. The van der Waals surface area contributed by atoms with Gasteiger partial charge in [-0.05, 0) is 36.8 Å². The summed E-state index contributed by atoms with van der Waals surface area (Å²) in [4.78, 5) is 13.9. The lowest BCUT2D eigenvalue weighted by Crippen LogP contribution is -2.37. The largest absolute Gasteiger partial charge is 0.383 e. The van der Waals surface area contributed by atoms with Crippen LogP contribution < -0.4 is 9.50 Å². The van der Waals surface area contributed by atoms with Crippen LogP contribution >= 0.6 is 0 Å². The number of rotatable bonds is 9. The maximum atomic E-state index is 13.8. The molecule has 158 valence electrons. The molecule has 2 aromatic carbocycles. The Hall–Kier alpha value is -2.72. The third kappa shape index (κ3) is 6.99. The van der Waals surface area contributed by atoms with Crippen LogP contribution in [-0.2, 0) is 21.4 Å². The Kier molecular flexibility index (Phi) is 7.91. The van der Waals surface area contributed by atoms with Gasteiger partial charge in [0.2, 0.25) is 0 Å². The molecule has 0 unspecified atom stereocenters. The van der Waals surface area contributed by atoms with Crippen molar-refractivity contribution >= 4 is 21.8 Å². The summed E-state index contributed by atoms with van der Waals surface area (Å²) in [6, 6.07) is 8.49. The molecule has 0 aliphatic rings. The number of carbonyl (C=O) groups excluding carboxylic acids is 1. The predicted octanol–water partition coefficient (Wildman–Crippen LogP) is 3.37. The highest BCUT2D eigenvalue weighted by molar-refractivity contribution is 7.87. The molecule has 0 bridgehead atoms. The molecular weight excluding hydrogens is 406 g/mol. The monoisotopic (exact) mass is 428 g/mol. The lowest BCUT2D eigenvalue weighted by Gasteiger charge is -2.23. The number of anilines is 1. The minimum absolute atomic E-state index is 0.0847. The first-order valence-electron chi connectivity index (χ1n) is 8.75. The van der Waals surface area contributed by atoms with Crippen molar-refractivity contribution in [2.24, 2.45) is 0 Å². The molecule has 29 heavy (non-hydrogen) atoms. The number of halogens is 2. The summed E-state index contributed by atoms with van der Waals surface area (Å²) in [5.74, 6) is -1.70. The van der Waals surface area contributed by atoms with E-state index in [0.29, 0.717) is 11.6 Å². The first kappa shape index (κ1) is 22.6. The Bertz CT molecular complexity index is 953. The van der Waals surface area contributed by atoms with Crippen LogP contribution in [0.2, 0.25) is 0 Å². The number of amides is 2. The van der Waals surface area contributed by atoms with E-state index in [1.165, 1.54) is 31.1 Å². The maximum Gasteiger partial charge on any atom is 0.322 e. The van der Waals surface area contributed by atoms with Gasteiger partial charge in [0, 0.05) is 26.3 Å². The molecule has 2 amide bonds. The van der Waals surface area contributed by atoms with Gasteiger partial charge in [-0.25, -0.2) is 13.6 Å². The molecule has 0 aromatic heterocycles. The zero-order valence-corrected chi connectivity index (χ0v) is 16.8. The van der Waals surface area contributed by atoms with E-state index in [4.69, 9.17) is 8.92 Å². The highest BCUT2D eigenvalue weighted by atomic mass is 32.2. The van der Waals surface area contributed by atoms with Gasteiger partial charge in [0.15, 0.2) is 0 Å². The predicted molar refractivity (Wildman–Crippen MR) is 104 cm³/mol. The summed E-state index contributed by atoms with van der Waals surface area (Å²) in [5.41, 5.74) is 0.435. The van der Waals surface area contributed by atoms with Gasteiger partial charge in [-0.15, -0.1) is 0 Å². The number of hydrogen-bond acceptors (Lipinski definition) is 5. The van der Waals surface area contributed by atoms with E-state index in [0.717, 1.165) is 12.1 Å². The first-order valence-corrected chi connectivity index (χ1v) is 10.3. The molecule has 0 saturated carbocycles. The molecular formula is C19H22F2N2O5S. The van der Waals surface area contributed by atoms with Crippen LogP contribution in [0.4, 0.5) is 19.3 Å². The molecule has 0 aliphatic carbocycles. The minimum atomic E-state index is -3.68. The fourth-order valence-corrected chi connectivity index (χ4v) is 2.88. The van der Waals surface area contributed by atoms with Gasteiger partial charge in [0.1, 0.15) is 17.4 Å². The molecule has 0 fully saturated rings. The van der Waals surface area contributed by atoms with Crippen molar-refractivity contribution in [1.82, 2.24) is 4.90 Å². The van der Waals surface area contributed by atoms with E-state index in [2.05, 4.69) is 5.32 Å². The Morgan fingerprint density at radius 1 is 1.17 bits per heavy atom. The van der Waals surface area contributed by atoms with Gasteiger partial charge in [0.25, 0.3) is 0 Å². The van der Waals surface area contributed by atoms with Gasteiger partial charge in [-0.3, -0.25) is 0 Å². The molecule has 0 saturated heterocycles. The van der Waals surface area contributed by atoms with Crippen LogP contribution in [0.15, 0.2) is 42.5 Å². The summed E-state index contributed by atoms with van der Waals surface area (Å²) in [6.07, 6.45) is 0. The number of benzene rings is 2. The molecule has 0 spiro atoms. The van der Waals surface area contributed by atoms with Gasteiger partial charge in [-0.2, -0.15) is 8.42 Å². The molecule has 0 atom stereocenters. The summed E-state index contributed by atoms with van der Waals surface area (Å²) in [6.45, 7) is 1.95. The summed E-state index contributed by atoms with van der Waals surface area (Å²) >= 11 is 0. The fraction of sp³-hybridized carbons (Fsp3) is 0.316. The second-order valence-corrected chi connectivity index (χ2v) is 7.91. The number of nitrogens with one attached hydrogen (secondary N) is 1. The van der Waals surface area contributed by atoms with Crippen molar-refractivity contribution in [2.45, 2.75) is 13.5 Å². The zero-order valence-electron chi connectivity index (χ0n) is 16.0. The van der Waals surface area contributed by atoms with Crippen molar-refractivity contribution < 1.29 is 30.9 Å². The number of methoxy groups -OCH3 is 1. The lowest BCUT2D eigenvalue weighted by atomic mass is 10.2. The fourth-order valence-electron chi connectivity index (χ4n) is 2.36. The molecule has 7 nitrogen and oxygen atoms in total. The Labute approximate surface area is 168 Å². The van der Waals surface area contributed by atoms with E-state index in [1.54, 1.807) is 12.1 Å². The van der Waals surface area contributed by atoms with Crippen molar-refractivity contribution in [1.29, 1.82) is 0 Å². The summed E-state index contributed by atoms with van der Waals surface area (Å²) in [5, 5.41) is 2.39. The van der Waals surface area contributed by atoms with Crippen LogP contribution in [0.25, 0.3) is 0 Å². The minimum Gasteiger partial charge on any atom is -0.383 e. The molecule has 2 aromatic rings. The topological polar surface area (TPSA) is 84.9 Å². The number of urea groups is 1. The lowest BCUT2D eigenvalue weighted by molar-refractivity contribution is 0.152. The Morgan fingerprint density at radius 2 is 1.93 bits per heavy atom. The van der Waals surface area contributed by atoms with Crippen LogP contribution in [0.1, 0.15) is 12.5 Å². The van der Waals surface area contributed by atoms with Crippen molar-refractivity contribution in [2.75, 3.05) is 31.3 Å². The maximum absolute atomic E-state index is 13.8. The van der Waals surface area contributed by atoms with Crippen molar-refractivity contribution in [3.05, 3.63) is 59.7 Å². The quantitative estimate of drug-likeness (QED) is 0.619. The third-order valence-corrected chi connectivity index (χ3v) is 5.03. The van der Waals surface area contributed by atoms with Gasteiger partial charge < -0.3 is 19.1 Å². The SMILES string of the molecule is CCS(=O)(=O)Oc1cccc(CN(CCOC)C(=O)Nc2ccc(F)cc2F)c1.